The smallest absolute Gasteiger partial charge is 0.300 e. The van der Waals surface area contributed by atoms with Crippen LogP contribution in [0.4, 0.5) is 21.6 Å². The molecule has 0 atom stereocenters. The second-order valence-electron chi connectivity index (χ2n) is 8.42. The molecule has 0 saturated heterocycles. The Morgan fingerprint density at radius 3 is 2.89 bits per heavy atom. The van der Waals surface area contributed by atoms with Gasteiger partial charge in [-0.05, 0) is 67.6 Å². The number of nitrogens with one attached hydrogen (secondary N) is 4. The molecule has 2 heterocycles. The number of aromatic amines is 1. The first-order chi connectivity index (χ1) is 18.0. The van der Waals surface area contributed by atoms with Crippen molar-refractivity contribution in [1.82, 2.24) is 15.0 Å². The molecule has 5 rings (SSSR count). The van der Waals surface area contributed by atoms with E-state index in [0.29, 0.717) is 28.2 Å². The van der Waals surface area contributed by atoms with Gasteiger partial charge < -0.3 is 20.4 Å². The third-order valence-electron chi connectivity index (χ3n) is 5.58. The summed E-state index contributed by atoms with van der Waals surface area (Å²) >= 11 is 0. The van der Waals surface area contributed by atoms with Gasteiger partial charge in [-0.25, -0.2) is 19.4 Å². The number of carbonyl (C=O) groups excluding carboxylic acids is 1. The zero-order valence-corrected chi connectivity index (χ0v) is 19.8. The van der Waals surface area contributed by atoms with Crippen molar-refractivity contribution in [3.05, 3.63) is 71.9 Å². The number of hydrogen-bond acceptors (Lipinski definition) is 6. The minimum absolute atomic E-state index is 0.00889. The van der Waals surface area contributed by atoms with Gasteiger partial charge in [-0.15, -0.1) is 0 Å². The van der Waals surface area contributed by atoms with Gasteiger partial charge in [0.2, 0.25) is 0 Å². The fourth-order valence-corrected chi connectivity index (χ4v) is 3.60. The highest BCUT2D eigenvalue weighted by molar-refractivity contribution is 6.05. The first-order valence-corrected chi connectivity index (χ1v) is 11.5. The molecule has 2 aromatic heterocycles. The molecule has 1 aliphatic carbocycles. The topological polar surface area (TPSA) is 128 Å². The summed E-state index contributed by atoms with van der Waals surface area (Å²) in [4.78, 5) is 27.3. The van der Waals surface area contributed by atoms with E-state index in [1.54, 1.807) is 36.5 Å². The van der Waals surface area contributed by atoms with E-state index in [-0.39, 0.29) is 22.8 Å². The maximum atomic E-state index is 15.5. The van der Waals surface area contributed by atoms with Crippen molar-refractivity contribution < 1.29 is 13.9 Å². The Hall–Kier alpha value is -5.04. The predicted octanol–water partition coefficient (Wildman–Crippen LogP) is 4.80. The molecule has 1 saturated carbocycles. The Morgan fingerprint density at radius 1 is 1.24 bits per heavy atom. The van der Waals surface area contributed by atoms with Crippen molar-refractivity contribution in [2.24, 2.45) is 10.9 Å². The number of rotatable bonds is 6. The number of pyridine rings is 1. The molecular weight excluding hydrogens is 473 g/mol. The lowest BCUT2D eigenvalue weighted by molar-refractivity contribution is -0.111. The molecule has 10 heteroatoms. The first kappa shape index (κ1) is 23.7. The number of benzene rings is 2. The molecule has 2 aromatic carbocycles. The van der Waals surface area contributed by atoms with Crippen molar-refractivity contribution in [3.63, 3.8) is 0 Å². The molecule has 9 nitrogen and oxygen atoms in total. The van der Waals surface area contributed by atoms with E-state index in [4.69, 9.17) is 10.1 Å². The lowest BCUT2D eigenvalue weighted by Gasteiger charge is -2.13. The van der Waals surface area contributed by atoms with Crippen LogP contribution in [0, 0.1) is 35.9 Å². The van der Waals surface area contributed by atoms with Crippen LogP contribution >= 0.6 is 0 Å². The van der Waals surface area contributed by atoms with Gasteiger partial charge in [0.25, 0.3) is 5.91 Å². The SMILES string of the molecule is Cc1cc(Nc2ncnc3ccc(NC(=O)C#CC4CC4)c(F)c23)ccc1Oc1cc[nH]/c(=N\C=N)c1. The largest absolute Gasteiger partial charge is 0.457 e. The average molecular weight is 496 g/mol. The molecule has 0 spiro atoms. The van der Waals surface area contributed by atoms with E-state index < -0.39 is 11.7 Å². The molecule has 4 N–H and O–H groups in total. The summed E-state index contributed by atoms with van der Waals surface area (Å²) in [6.45, 7) is 1.88. The highest BCUT2D eigenvalue weighted by atomic mass is 19.1. The fourth-order valence-electron chi connectivity index (χ4n) is 3.60. The molecule has 1 fully saturated rings. The number of halogens is 1. The van der Waals surface area contributed by atoms with Crippen LogP contribution in [-0.4, -0.2) is 27.2 Å². The van der Waals surface area contributed by atoms with Gasteiger partial charge in [-0.3, -0.25) is 10.2 Å². The molecule has 37 heavy (non-hydrogen) atoms. The number of nitrogens with zero attached hydrogens (tertiary/aromatic N) is 3. The summed E-state index contributed by atoms with van der Waals surface area (Å²) in [6, 6.07) is 11.9. The van der Waals surface area contributed by atoms with Crippen LogP contribution in [0.15, 0.2) is 60.0 Å². The minimum atomic E-state index is -0.647. The van der Waals surface area contributed by atoms with Gasteiger partial charge >= 0.3 is 0 Å². The highest BCUT2D eigenvalue weighted by Crippen LogP contribution is 2.32. The lowest BCUT2D eigenvalue weighted by atomic mass is 10.1. The third-order valence-corrected chi connectivity index (χ3v) is 5.58. The van der Waals surface area contributed by atoms with E-state index in [0.717, 1.165) is 24.7 Å². The number of fused-ring (bicyclic) bond motifs is 1. The maximum Gasteiger partial charge on any atom is 0.300 e. The second kappa shape index (κ2) is 10.3. The monoisotopic (exact) mass is 495 g/mol. The summed E-state index contributed by atoms with van der Waals surface area (Å²) in [5, 5.41) is 12.9. The van der Waals surface area contributed by atoms with Crippen molar-refractivity contribution in [2.75, 3.05) is 10.6 Å². The van der Waals surface area contributed by atoms with Gasteiger partial charge in [0.1, 0.15) is 35.5 Å². The Labute approximate surface area is 211 Å². The summed E-state index contributed by atoms with van der Waals surface area (Å²) in [7, 11) is 0. The van der Waals surface area contributed by atoms with E-state index in [2.05, 4.69) is 42.4 Å². The summed E-state index contributed by atoms with van der Waals surface area (Å²) in [5.41, 5.74) is 2.38. The highest BCUT2D eigenvalue weighted by Gasteiger charge is 2.19. The zero-order chi connectivity index (χ0) is 25.8. The van der Waals surface area contributed by atoms with Gasteiger partial charge in [-0.1, -0.05) is 5.92 Å². The predicted molar refractivity (Wildman–Crippen MR) is 138 cm³/mol. The van der Waals surface area contributed by atoms with Crippen LogP contribution in [-0.2, 0) is 4.79 Å². The van der Waals surface area contributed by atoms with Gasteiger partial charge in [-0.2, -0.15) is 0 Å². The zero-order valence-electron chi connectivity index (χ0n) is 19.8. The summed E-state index contributed by atoms with van der Waals surface area (Å²) in [5.74, 6) is 5.88. The molecule has 0 unspecified atom stereocenters. The van der Waals surface area contributed by atoms with Crippen LogP contribution in [0.5, 0.6) is 11.5 Å². The van der Waals surface area contributed by atoms with Crippen LogP contribution < -0.4 is 20.9 Å². The minimum Gasteiger partial charge on any atom is -0.457 e. The first-order valence-electron chi connectivity index (χ1n) is 11.5. The number of aryl methyl sites for hydroxylation is 1. The van der Waals surface area contributed by atoms with E-state index >= 15 is 4.39 Å². The Kier molecular flexibility index (Phi) is 6.59. The number of aromatic nitrogens is 3. The number of ether oxygens (including phenoxy) is 1. The van der Waals surface area contributed by atoms with Crippen LogP contribution in [0.2, 0.25) is 0 Å². The number of hydrogen-bond donors (Lipinski definition) is 4. The molecule has 1 aliphatic rings. The van der Waals surface area contributed by atoms with E-state index in [1.165, 1.54) is 12.4 Å². The Morgan fingerprint density at radius 2 is 2.11 bits per heavy atom. The van der Waals surface area contributed by atoms with Gasteiger partial charge in [0.15, 0.2) is 5.82 Å². The average Bonchev–Trinajstić information content (AvgIpc) is 3.71. The van der Waals surface area contributed by atoms with Gasteiger partial charge in [0.05, 0.1) is 16.6 Å². The molecule has 0 aliphatic heterocycles. The van der Waals surface area contributed by atoms with Crippen LogP contribution in [0.3, 0.4) is 0 Å². The summed E-state index contributed by atoms with van der Waals surface area (Å²) in [6.07, 6.45) is 5.96. The normalized spacial score (nSPS) is 13.0. The molecular formula is C27H22FN7O2. The molecule has 0 radical (unpaired) electrons. The van der Waals surface area contributed by atoms with Crippen molar-refractivity contribution in [2.45, 2.75) is 19.8 Å². The molecule has 1 amide bonds. The van der Waals surface area contributed by atoms with Crippen molar-refractivity contribution in [3.8, 4) is 23.3 Å². The molecule has 0 bridgehead atoms. The number of amides is 1. The second-order valence-corrected chi connectivity index (χ2v) is 8.42. The number of anilines is 3. The van der Waals surface area contributed by atoms with Crippen LogP contribution in [0.25, 0.3) is 10.9 Å². The molecule has 4 aromatic rings. The van der Waals surface area contributed by atoms with Gasteiger partial charge in [0, 0.05) is 23.9 Å². The van der Waals surface area contributed by atoms with Crippen LogP contribution in [0.1, 0.15) is 18.4 Å². The van der Waals surface area contributed by atoms with E-state index in [9.17, 15) is 4.79 Å². The standard InChI is InChI=1S/C27H22FN7O2/c1-16-12-18(5-8-22(16)37-19-10-11-30-23(13-19)31-14-29)34-27-25-20(32-15-33-27)6-7-21(26(25)28)35-24(36)9-4-17-2-3-17/h5-8,10-15,17H,2-3H2,1H3,(H,35,36)(H2,29,30,31)(H,32,33,34). The van der Waals surface area contributed by atoms with E-state index in [1.807, 2.05) is 13.0 Å². The number of H-pyrrole nitrogens is 1. The maximum absolute atomic E-state index is 15.5. The number of carbonyl (C=O) groups is 1. The quantitative estimate of drug-likeness (QED) is 0.174. The van der Waals surface area contributed by atoms with Crippen molar-refractivity contribution >= 4 is 40.3 Å². The Balaban J connectivity index is 1.39. The summed E-state index contributed by atoms with van der Waals surface area (Å²) < 4.78 is 21.4. The molecule has 184 valence electrons. The van der Waals surface area contributed by atoms with Crippen molar-refractivity contribution in [1.29, 1.82) is 5.41 Å². The Bertz CT molecular complexity index is 1650. The lowest BCUT2D eigenvalue weighted by Crippen LogP contribution is -2.10. The third kappa shape index (κ3) is 5.62. The fraction of sp³-hybridized carbons (Fsp3) is 0.148.